The smallest absolute Gasteiger partial charge is 0.193 e. The first-order valence-corrected chi connectivity index (χ1v) is 5.83. The third kappa shape index (κ3) is 2.43. The number of ether oxygens (including phenoxy) is 1. The maximum absolute atomic E-state index is 5.47. The highest BCUT2D eigenvalue weighted by Gasteiger charge is 2.27. The van der Waals surface area contributed by atoms with Crippen LogP contribution in [0.2, 0.25) is 0 Å². The van der Waals surface area contributed by atoms with Crippen LogP contribution in [-0.4, -0.2) is 50.8 Å². The molecule has 86 valence electrons. The van der Waals surface area contributed by atoms with Crippen molar-refractivity contribution in [3.05, 3.63) is 0 Å². The molecule has 1 heterocycles. The van der Waals surface area contributed by atoms with Crippen molar-refractivity contribution in [1.82, 2.24) is 10.2 Å². The van der Waals surface area contributed by atoms with Crippen molar-refractivity contribution in [2.75, 3.05) is 33.8 Å². The largest absolute Gasteiger partial charge is 0.381 e. The zero-order valence-electron chi connectivity index (χ0n) is 9.70. The molecule has 1 aliphatic carbocycles. The second kappa shape index (κ2) is 4.84. The molecule has 15 heavy (non-hydrogen) atoms. The van der Waals surface area contributed by atoms with Gasteiger partial charge in [-0.3, -0.25) is 4.99 Å². The molecule has 0 aromatic rings. The van der Waals surface area contributed by atoms with Crippen LogP contribution >= 0.6 is 0 Å². The van der Waals surface area contributed by atoms with Crippen molar-refractivity contribution >= 4 is 5.96 Å². The Morgan fingerprint density at radius 1 is 1.53 bits per heavy atom. The molecule has 0 bridgehead atoms. The van der Waals surface area contributed by atoms with Crippen LogP contribution in [0.25, 0.3) is 0 Å². The summed E-state index contributed by atoms with van der Waals surface area (Å²) in [5.74, 6) is 1.71. The number of likely N-dealkylation sites (N-methyl/N-ethyl adjacent to an activating group) is 1. The summed E-state index contributed by atoms with van der Waals surface area (Å²) in [5.41, 5.74) is 0. The molecular weight excluding hydrogens is 190 g/mol. The van der Waals surface area contributed by atoms with E-state index in [9.17, 15) is 0 Å². The number of nitrogens with one attached hydrogen (secondary N) is 1. The molecule has 0 aromatic heterocycles. The summed E-state index contributed by atoms with van der Waals surface area (Å²) in [6.45, 7) is 2.97. The van der Waals surface area contributed by atoms with Crippen molar-refractivity contribution in [1.29, 1.82) is 0 Å². The van der Waals surface area contributed by atoms with E-state index in [4.69, 9.17) is 4.74 Å². The summed E-state index contributed by atoms with van der Waals surface area (Å²) in [7, 11) is 3.91. The predicted molar refractivity (Wildman–Crippen MR) is 61.1 cm³/mol. The number of guanidine groups is 1. The standard InChI is InChI=1S/C11H21N3O/c1-14-7-6-12-11(14)13-8-9-4-3-5-10(9)15-2/h9-10H,3-8H2,1-2H3,(H,12,13). The van der Waals surface area contributed by atoms with Gasteiger partial charge in [-0.05, 0) is 12.8 Å². The van der Waals surface area contributed by atoms with Crippen molar-refractivity contribution in [2.45, 2.75) is 25.4 Å². The number of hydrogen-bond donors (Lipinski definition) is 1. The topological polar surface area (TPSA) is 36.9 Å². The van der Waals surface area contributed by atoms with E-state index in [0.29, 0.717) is 12.0 Å². The second-order valence-corrected chi connectivity index (χ2v) is 4.47. The first-order valence-electron chi connectivity index (χ1n) is 5.83. The van der Waals surface area contributed by atoms with Gasteiger partial charge in [0.2, 0.25) is 0 Å². The van der Waals surface area contributed by atoms with Gasteiger partial charge in [0.15, 0.2) is 5.96 Å². The van der Waals surface area contributed by atoms with Crippen LogP contribution in [-0.2, 0) is 4.74 Å². The minimum absolute atomic E-state index is 0.449. The summed E-state index contributed by atoms with van der Waals surface area (Å²) in [5, 5.41) is 3.43. The fourth-order valence-corrected chi connectivity index (χ4v) is 2.49. The summed E-state index contributed by atoms with van der Waals surface area (Å²) in [6, 6.07) is 0. The van der Waals surface area contributed by atoms with Gasteiger partial charge in [0.05, 0.1) is 12.6 Å². The van der Waals surface area contributed by atoms with Gasteiger partial charge in [0.25, 0.3) is 0 Å². The number of aliphatic imine (C=N–C) groups is 1. The molecule has 0 amide bonds. The molecule has 2 atom stereocenters. The normalized spacial score (nSPS) is 30.8. The minimum Gasteiger partial charge on any atom is -0.381 e. The molecule has 2 aliphatic rings. The fourth-order valence-electron chi connectivity index (χ4n) is 2.49. The second-order valence-electron chi connectivity index (χ2n) is 4.47. The molecule has 2 unspecified atom stereocenters. The lowest BCUT2D eigenvalue weighted by atomic mass is 10.1. The molecule has 0 spiro atoms. The summed E-state index contributed by atoms with van der Waals surface area (Å²) in [4.78, 5) is 6.60. The molecule has 1 N–H and O–H groups in total. The van der Waals surface area contributed by atoms with Crippen LogP contribution in [0.5, 0.6) is 0 Å². The van der Waals surface area contributed by atoms with Crippen molar-refractivity contribution in [3.8, 4) is 0 Å². The predicted octanol–water partition coefficient (Wildman–Crippen LogP) is 0.692. The number of nitrogens with zero attached hydrogens (tertiary/aromatic N) is 2. The van der Waals surface area contributed by atoms with Crippen molar-refractivity contribution in [2.24, 2.45) is 10.9 Å². The Bertz CT molecular complexity index is 242. The molecular formula is C11H21N3O. The van der Waals surface area contributed by atoms with Gasteiger partial charge < -0.3 is 15.0 Å². The Morgan fingerprint density at radius 3 is 3.07 bits per heavy atom. The zero-order valence-corrected chi connectivity index (χ0v) is 9.70. The van der Waals surface area contributed by atoms with Crippen LogP contribution in [0.1, 0.15) is 19.3 Å². The molecule has 1 fully saturated rings. The molecule has 0 aromatic carbocycles. The van der Waals surface area contributed by atoms with Crippen LogP contribution < -0.4 is 5.32 Å². The Labute approximate surface area is 91.7 Å². The Kier molecular flexibility index (Phi) is 3.46. The maximum Gasteiger partial charge on any atom is 0.193 e. The van der Waals surface area contributed by atoms with Crippen LogP contribution in [0.4, 0.5) is 0 Å². The van der Waals surface area contributed by atoms with Gasteiger partial charge in [0.1, 0.15) is 0 Å². The lowest BCUT2D eigenvalue weighted by Crippen LogP contribution is -2.39. The molecule has 4 heteroatoms. The molecule has 2 rings (SSSR count). The van der Waals surface area contributed by atoms with Gasteiger partial charge in [-0.2, -0.15) is 0 Å². The average molecular weight is 211 g/mol. The third-order valence-electron chi connectivity index (χ3n) is 3.47. The van der Waals surface area contributed by atoms with Gasteiger partial charge in [-0.1, -0.05) is 6.42 Å². The molecule has 0 radical (unpaired) electrons. The lowest BCUT2D eigenvalue weighted by molar-refractivity contribution is 0.0724. The van der Waals surface area contributed by atoms with Crippen molar-refractivity contribution < 1.29 is 4.74 Å². The van der Waals surface area contributed by atoms with Crippen LogP contribution in [0, 0.1) is 5.92 Å². The maximum atomic E-state index is 5.47. The highest BCUT2D eigenvalue weighted by atomic mass is 16.5. The minimum atomic E-state index is 0.449. The lowest BCUT2D eigenvalue weighted by Gasteiger charge is -2.21. The van der Waals surface area contributed by atoms with Crippen molar-refractivity contribution in [3.63, 3.8) is 0 Å². The van der Waals surface area contributed by atoms with E-state index >= 15 is 0 Å². The summed E-state index contributed by atoms with van der Waals surface area (Å²) < 4.78 is 5.47. The van der Waals surface area contributed by atoms with E-state index in [-0.39, 0.29) is 0 Å². The molecule has 4 nitrogen and oxygen atoms in total. The molecule has 1 aliphatic heterocycles. The van der Waals surface area contributed by atoms with E-state index in [1.54, 1.807) is 0 Å². The highest BCUT2D eigenvalue weighted by Crippen LogP contribution is 2.27. The van der Waals surface area contributed by atoms with Gasteiger partial charge >= 0.3 is 0 Å². The van der Waals surface area contributed by atoms with E-state index in [2.05, 4.69) is 22.3 Å². The highest BCUT2D eigenvalue weighted by molar-refractivity contribution is 5.81. The third-order valence-corrected chi connectivity index (χ3v) is 3.47. The number of methoxy groups -OCH3 is 1. The zero-order chi connectivity index (χ0) is 10.7. The van der Waals surface area contributed by atoms with Crippen LogP contribution in [0.15, 0.2) is 4.99 Å². The molecule has 1 saturated carbocycles. The van der Waals surface area contributed by atoms with E-state index in [0.717, 1.165) is 25.6 Å². The quantitative estimate of drug-likeness (QED) is 0.746. The van der Waals surface area contributed by atoms with Gasteiger partial charge in [-0.25, -0.2) is 0 Å². The Balaban J connectivity index is 1.77. The van der Waals surface area contributed by atoms with E-state index in [1.807, 2.05) is 7.11 Å². The van der Waals surface area contributed by atoms with E-state index in [1.165, 1.54) is 19.3 Å². The van der Waals surface area contributed by atoms with Gasteiger partial charge in [-0.15, -0.1) is 0 Å². The number of hydrogen-bond acceptors (Lipinski definition) is 4. The van der Waals surface area contributed by atoms with E-state index < -0.39 is 0 Å². The summed E-state index contributed by atoms with van der Waals surface area (Å²) in [6.07, 6.45) is 4.24. The SMILES string of the molecule is COC1CCCC1CNC1=NCCN1C. The summed E-state index contributed by atoms with van der Waals surface area (Å²) >= 11 is 0. The monoisotopic (exact) mass is 211 g/mol. The van der Waals surface area contributed by atoms with Gasteiger partial charge in [0, 0.05) is 33.2 Å². The Morgan fingerprint density at radius 2 is 2.40 bits per heavy atom. The first-order chi connectivity index (χ1) is 7.31. The molecule has 0 saturated heterocycles. The Hall–Kier alpha value is -0.770. The van der Waals surface area contributed by atoms with Crippen LogP contribution in [0.3, 0.4) is 0 Å². The first kappa shape index (κ1) is 10.7. The fraction of sp³-hybridized carbons (Fsp3) is 0.909. The average Bonchev–Trinajstić information content (AvgIpc) is 2.83. The number of rotatable bonds is 3.